The Bertz CT molecular complexity index is 618. The zero-order valence-electron chi connectivity index (χ0n) is 11.7. The molecule has 4 rings (SSSR count). The maximum atomic E-state index is 12.1. The number of nitrogens with zero attached hydrogens (tertiary/aromatic N) is 1. The number of benzene rings is 1. The molecule has 1 heterocycles. The number of thioether (sulfide) groups is 1. The summed E-state index contributed by atoms with van der Waals surface area (Å²) < 4.78 is -0.205. The molecular weight excluding hydrogens is 304 g/mol. The van der Waals surface area contributed by atoms with Crippen molar-refractivity contribution in [2.45, 2.75) is 48.8 Å². The minimum atomic E-state index is -0.205. The van der Waals surface area contributed by atoms with E-state index in [1.54, 1.807) is 11.8 Å². The maximum Gasteiger partial charge on any atom is 0.242 e. The minimum Gasteiger partial charge on any atom is -0.304 e. The quantitative estimate of drug-likeness (QED) is 0.899. The maximum absolute atomic E-state index is 12.1. The van der Waals surface area contributed by atoms with Crippen molar-refractivity contribution in [1.82, 2.24) is 5.32 Å². The molecule has 1 aromatic carbocycles. The predicted molar refractivity (Wildman–Crippen MR) is 86.7 cm³/mol. The van der Waals surface area contributed by atoms with Gasteiger partial charge in [0.15, 0.2) is 5.17 Å². The van der Waals surface area contributed by atoms with Crippen molar-refractivity contribution >= 4 is 34.4 Å². The fraction of sp³-hybridized carbons (Fsp3) is 0.500. The molecule has 3 aliphatic rings. The number of amidine groups is 1. The highest BCUT2D eigenvalue weighted by Crippen LogP contribution is 2.50. The number of carbonyl (C=O) groups excluding carboxylic acids is 1. The van der Waals surface area contributed by atoms with E-state index in [4.69, 9.17) is 16.6 Å². The van der Waals surface area contributed by atoms with E-state index in [-0.39, 0.29) is 16.2 Å². The molecule has 2 saturated carbocycles. The van der Waals surface area contributed by atoms with Crippen LogP contribution in [0.3, 0.4) is 0 Å². The first-order valence-corrected chi connectivity index (χ1v) is 8.68. The molecule has 110 valence electrons. The van der Waals surface area contributed by atoms with Crippen molar-refractivity contribution < 1.29 is 4.79 Å². The van der Waals surface area contributed by atoms with Crippen LogP contribution in [0.4, 0.5) is 0 Å². The van der Waals surface area contributed by atoms with Gasteiger partial charge in [0.25, 0.3) is 0 Å². The highest BCUT2D eigenvalue weighted by molar-refractivity contribution is 8.16. The third-order valence-electron chi connectivity index (χ3n) is 4.97. The lowest BCUT2D eigenvalue weighted by Gasteiger charge is -2.39. The number of hydrogen-bond acceptors (Lipinski definition) is 3. The van der Waals surface area contributed by atoms with E-state index in [0.717, 1.165) is 42.3 Å². The third-order valence-corrected chi connectivity index (χ3v) is 6.59. The number of hydrogen-bond donors (Lipinski definition) is 1. The highest BCUT2D eigenvalue weighted by atomic mass is 35.5. The van der Waals surface area contributed by atoms with Crippen LogP contribution >= 0.6 is 23.4 Å². The summed E-state index contributed by atoms with van der Waals surface area (Å²) in [6.07, 6.45) is 6.38. The lowest BCUT2D eigenvalue weighted by Crippen LogP contribution is -2.42. The molecule has 0 aromatic heterocycles. The van der Waals surface area contributed by atoms with Crippen molar-refractivity contribution in [1.29, 1.82) is 0 Å². The number of rotatable bonds is 2. The molecule has 1 aromatic rings. The lowest BCUT2D eigenvalue weighted by atomic mass is 9.72. The smallest absolute Gasteiger partial charge is 0.242 e. The first kappa shape index (κ1) is 13.6. The zero-order valence-corrected chi connectivity index (χ0v) is 13.3. The molecule has 5 heteroatoms. The van der Waals surface area contributed by atoms with E-state index in [2.05, 4.69) is 17.4 Å². The minimum absolute atomic E-state index is 0.156. The summed E-state index contributed by atoms with van der Waals surface area (Å²) >= 11 is 7.62. The summed E-state index contributed by atoms with van der Waals surface area (Å²) in [5, 5.41) is 4.56. The van der Waals surface area contributed by atoms with Gasteiger partial charge in [0.1, 0.15) is 4.75 Å². The number of halogens is 1. The van der Waals surface area contributed by atoms with Crippen molar-refractivity contribution in [2.75, 3.05) is 0 Å². The van der Waals surface area contributed by atoms with E-state index < -0.39 is 0 Å². The van der Waals surface area contributed by atoms with Crippen LogP contribution in [0.1, 0.15) is 44.1 Å². The second-order valence-electron chi connectivity index (χ2n) is 6.21. The summed E-state index contributed by atoms with van der Waals surface area (Å²) in [6, 6.07) is 7.97. The van der Waals surface area contributed by atoms with Crippen LogP contribution in [0.5, 0.6) is 0 Å². The summed E-state index contributed by atoms with van der Waals surface area (Å²) in [6.45, 7) is 0. The molecule has 3 fully saturated rings. The van der Waals surface area contributed by atoms with Crippen molar-refractivity contribution in [3.63, 3.8) is 0 Å². The summed E-state index contributed by atoms with van der Waals surface area (Å²) in [5.74, 6) is 0.156. The van der Waals surface area contributed by atoms with Crippen LogP contribution < -0.4 is 5.32 Å². The normalized spacial score (nSPS) is 27.3. The monoisotopic (exact) mass is 320 g/mol. The van der Waals surface area contributed by atoms with Crippen LogP contribution in [0, 0.1) is 0 Å². The predicted octanol–water partition coefficient (Wildman–Crippen LogP) is 3.86. The van der Waals surface area contributed by atoms with E-state index >= 15 is 0 Å². The van der Waals surface area contributed by atoms with Crippen molar-refractivity contribution in [2.24, 2.45) is 4.99 Å². The van der Waals surface area contributed by atoms with Crippen LogP contribution in [-0.2, 0) is 10.3 Å². The molecule has 1 amide bonds. The Morgan fingerprint density at radius 3 is 2.24 bits per heavy atom. The standard InChI is InChI=1S/C16H17ClN2OS/c17-12-5-3-11(4-6-12)15(7-1-8-15)19-14-18-13(20)16(21-14)9-2-10-16/h3-6H,1-2,7-10H2,(H,18,19,20). The molecule has 2 aliphatic carbocycles. The van der Waals surface area contributed by atoms with E-state index in [9.17, 15) is 4.79 Å². The second-order valence-corrected chi connectivity index (χ2v) is 8.02. The number of amides is 1. The van der Waals surface area contributed by atoms with Gasteiger partial charge in [-0.05, 0) is 56.2 Å². The van der Waals surface area contributed by atoms with Crippen LogP contribution in [0.15, 0.2) is 29.3 Å². The molecule has 1 saturated heterocycles. The number of aliphatic imine (C=N–C) groups is 1. The fourth-order valence-corrected chi connectivity index (χ4v) is 4.77. The van der Waals surface area contributed by atoms with Gasteiger partial charge in [-0.15, -0.1) is 0 Å². The summed E-state index contributed by atoms with van der Waals surface area (Å²) in [7, 11) is 0. The molecule has 1 N–H and O–H groups in total. The molecule has 0 bridgehead atoms. The molecule has 0 unspecified atom stereocenters. The van der Waals surface area contributed by atoms with Gasteiger partial charge in [0.05, 0.1) is 5.54 Å². The van der Waals surface area contributed by atoms with Gasteiger partial charge in [-0.25, -0.2) is 0 Å². The molecule has 1 spiro atoms. The van der Waals surface area contributed by atoms with Crippen molar-refractivity contribution in [3.8, 4) is 0 Å². The van der Waals surface area contributed by atoms with Gasteiger partial charge in [-0.3, -0.25) is 9.79 Å². The van der Waals surface area contributed by atoms with Gasteiger partial charge in [-0.2, -0.15) is 0 Å². The van der Waals surface area contributed by atoms with Crippen LogP contribution in [0.25, 0.3) is 0 Å². The topological polar surface area (TPSA) is 41.5 Å². The molecule has 3 nitrogen and oxygen atoms in total. The summed E-state index contributed by atoms with van der Waals surface area (Å²) in [4.78, 5) is 17.1. The molecule has 0 atom stereocenters. The zero-order chi connectivity index (χ0) is 14.5. The first-order valence-electron chi connectivity index (χ1n) is 7.48. The average Bonchev–Trinajstić information content (AvgIpc) is 2.72. The van der Waals surface area contributed by atoms with Gasteiger partial charge in [0, 0.05) is 5.02 Å². The SMILES string of the molecule is O=C1NC(=NC2(c3ccc(Cl)cc3)CCC2)SC12CCC2. The fourth-order valence-electron chi connectivity index (χ4n) is 3.28. The Morgan fingerprint density at radius 2 is 1.76 bits per heavy atom. The Balaban J connectivity index is 1.63. The Hall–Kier alpha value is -1.000. The molecule has 0 radical (unpaired) electrons. The Kier molecular flexibility index (Phi) is 3.09. The van der Waals surface area contributed by atoms with E-state index in [0.29, 0.717) is 0 Å². The second kappa shape index (κ2) is 4.75. The van der Waals surface area contributed by atoms with Gasteiger partial charge in [0.2, 0.25) is 5.91 Å². The Labute approximate surface area is 133 Å². The van der Waals surface area contributed by atoms with E-state index in [1.807, 2.05) is 12.1 Å². The molecular formula is C16H17ClN2OS. The first-order chi connectivity index (χ1) is 10.1. The summed E-state index contributed by atoms with van der Waals surface area (Å²) in [5.41, 5.74) is 1.05. The van der Waals surface area contributed by atoms with E-state index in [1.165, 1.54) is 12.0 Å². The molecule has 21 heavy (non-hydrogen) atoms. The van der Waals surface area contributed by atoms with Gasteiger partial charge >= 0.3 is 0 Å². The number of carbonyl (C=O) groups is 1. The Morgan fingerprint density at radius 1 is 1.10 bits per heavy atom. The largest absolute Gasteiger partial charge is 0.304 e. The van der Waals surface area contributed by atoms with Crippen molar-refractivity contribution in [3.05, 3.63) is 34.9 Å². The van der Waals surface area contributed by atoms with Crippen LogP contribution in [-0.4, -0.2) is 15.8 Å². The molecule has 1 aliphatic heterocycles. The average molecular weight is 321 g/mol. The van der Waals surface area contributed by atoms with Gasteiger partial charge in [-0.1, -0.05) is 35.5 Å². The highest BCUT2D eigenvalue weighted by Gasteiger charge is 2.52. The lowest BCUT2D eigenvalue weighted by molar-refractivity contribution is -0.123. The van der Waals surface area contributed by atoms with Crippen LogP contribution in [0.2, 0.25) is 5.02 Å². The number of nitrogens with one attached hydrogen (secondary N) is 1. The third kappa shape index (κ3) is 2.11. The van der Waals surface area contributed by atoms with Gasteiger partial charge < -0.3 is 5.32 Å².